The lowest BCUT2D eigenvalue weighted by Gasteiger charge is -2.07. The summed E-state index contributed by atoms with van der Waals surface area (Å²) in [4.78, 5) is 24.8. The van der Waals surface area contributed by atoms with Crippen LogP contribution in [0, 0.1) is 5.92 Å². The molecule has 4 N–H and O–H groups in total. The Labute approximate surface area is 157 Å². The van der Waals surface area contributed by atoms with Gasteiger partial charge in [-0.15, -0.1) is 0 Å². The number of hydrogen-bond donors (Lipinski definition) is 3. The third kappa shape index (κ3) is 5.19. The fourth-order valence-corrected chi connectivity index (χ4v) is 2.94. The van der Waals surface area contributed by atoms with Gasteiger partial charge in [-0.25, -0.2) is 0 Å². The number of benzene rings is 1. The SMILES string of the molecule is COc1cccc(CNC(=O)c2nsc(C(=O)NCCC(C)C)c2N)c1. The molecule has 7 nitrogen and oxygen atoms in total. The van der Waals surface area contributed by atoms with Crippen LogP contribution in [0.15, 0.2) is 24.3 Å². The quantitative estimate of drug-likeness (QED) is 0.656. The number of rotatable bonds is 8. The Morgan fingerprint density at radius 1 is 1.27 bits per heavy atom. The summed E-state index contributed by atoms with van der Waals surface area (Å²) in [5.74, 6) is 0.493. The summed E-state index contributed by atoms with van der Waals surface area (Å²) in [6, 6.07) is 7.38. The molecule has 0 radical (unpaired) electrons. The van der Waals surface area contributed by atoms with Gasteiger partial charge in [0.15, 0.2) is 5.69 Å². The Morgan fingerprint density at radius 2 is 2.04 bits per heavy atom. The fourth-order valence-electron chi connectivity index (χ4n) is 2.23. The molecule has 0 bridgehead atoms. The van der Waals surface area contributed by atoms with E-state index in [1.165, 1.54) is 0 Å². The van der Waals surface area contributed by atoms with Crippen LogP contribution in [0.5, 0.6) is 5.75 Å². The molecule has 1 aromatic carbocycles. The zero-order valence-electron chi connectivity index (χ0n) is 15.2. The van der Waals surface area contributed by atoms with Crippen molar-refractivity contribution in [2.75, 3.05) is 19.4 Å². The predicted molar refractivity (Wildman–Crippen MR) is 102 cm³/mol. The first-order chi connectivity index (χ1) is 12.4. The van der Waals surface area contributed by atoms with Gasteiger partial charge in [-0.3, -0.25) is 9.59 Å². The molecule has 1 aromatic heterocycles. The van der Waals surface area contributed by atoms with Crippen molar-refractivity contribution in [1.82, 2.24) is 15.0 Å². The average molecular weight is 376 g/mol. The highest BCUT2D eigenvalue weighted by Crippen LogP contribution is 2.22. The zero-order valence-corrected chi connectivity index (χ0v) is 16.0. The second kappa shape index (κ2) is 9.19. The minimum atomic E-state index is -0.414. The minimum absolute atomic E-state index is 0.0758. The third-order valence-corrected chi connectivity index (χ3v) is 4.61. The lowest BCUT2D eigenvalue weighted by Crippen LogP contribution is -2.26. The molecule has 0 aliphatic rings. The van der Waals surface area contributed by atoms with Gasteiger partial charge in [0.25, 0.3) is 11.8 Å². The average Bonchev–Trinajstić information content (AvgIpc) is 3.01. The van der Waals surface area contributed by atoms with Crippen LogP contribution in [0.3, 0.4) is 0 Å². The monoisotopic (exact) mass is 376 g/mol. The molecule has 0 fully saturated rings. The van der Waals surface area contributed by atoms with Crippen molar-refractivity contribution < 1.29 is 14.3 Å². The highest BCUT2D eigenvalue weighted by atomic mass is 32.1. The van der Waals surface area contributed by atoms with Gasteiger partial charge in [0.05, 0.1) is 12.8 Å². The van der Waals surface area contributed by atoms with Crippen LogP contribution in [-0.2, 0) is 6.54 Å². The van der Waals surface area contributed by atoms with E-state index in [1.807, 2.05) is 24.3 Å². The van der Waals surface area contributed by atoms with Crippen molar-refractivity contribution in [1.29, 1.82) is 0 Å². The molecular weight excluding hydrogens is 352 g/mol. The highest BCUT2D eigenvalue weighted by Gasteiger charge is 2.21. The van der Waals surface area contributed by atoms with Gasteiger partial charge >= 0.3 is 0 Å². The predicted octanol–water partition coefficient (Wildman–Crippen LogP) is 2.44. The van der Waals surface area contributed by atoms with Gasteiger partial charge in [0.2, 0.25) is 0 Å². The summed E-state index contributed by atoms with van der Waals surface area (Å²) in [6.07, 6.45) is 0.873. The molecule has 0 aliphatic carbocycles. The molecule has 0 aliphatic heterocycles. The van der Waals surface area contributed by atoms with E-state index in [9.17, 15) is 9.59 Å². The standard InChI is InChI=1S/C18H24N4O3S/c1-11(2)7-8-20-18(24)16-14(19)15(22-26-16)17(23)21-10-12-5-4-6-13(9-12)25-3/h4-6,9,11H,7-8,10,19H2,1-3H3,(H,20,24)(H,21,23). The van der Waals surface area contributed by atoms with Gasteiger partial charge in [-0.1, -0.05) is 26.0 Å². The number of amides is 2. The van der Waals surface area contributed by atoms with Gasteiger partial charge in [0.1, 0.15) is 10.6 Å². The summed E-state index contributed by atoms with van der Waals surface area (Å²) >= 11 is 0.931. The number of nitrogens with two attached hydrogens (primary N) is 1. The lowest BCUT2D eigenvalue weighted by molar-refractivity contribution is 0.0946. The minimum Gasteiger partial charge on any atom is -0.497 e. The van der Waals surface area contributed by atoms with E-state index < -0.39 is 5.91 Å². The number of anilines is 1. The molecule has 0 saturated carbocycles. The Hall–Kier alpha value is -2.61. The summed E-state index contributed by atoms with van der Waals surface area (Å²) in [7, 11) is 1.58. The highest BCUT2D eigenvalue weighted by molar-refractivity contribution is 7.09. The number of carbonyl (C=O) groups is 2. The Kier molecular flexibility index (Phi) is 6.97. The maximum absolute atomic E-state index is 12.3. The number of nitrogens with one attached hydrogen (secondary N) is 2. The van der Waals surface area contributed by atoms with Gasteiger partial charge in [0, 0.05) is 13.1 Å². The van der Waals surface area contributed by atoms with Crippen LogP contribution in [0.25, 0.3) is 0 Å². The first kappa shape index (κ1) is 19.7. The number of nitrogen functional groups attached to an aromatic ring is 1. The van der Waals surface area contributed by atoms with Crippen molar-refractivity contribution in [3.05, 3.63) is 40.4 Å². The van der Waals surface area contributed by atoms with Gasteiger partial charge < -0.3 is 21.1 Å². The van der Waals surface area contributed by atoms with Crippen molar-refractivity contribution >= 4 is 29.0 Å². The molecule has 0 atom stereocenters. The summed E-state index contributed by atoms with van der Waals surface area (Å²) in [5, 5.41) is 5.56. The van der Waals surface area contributed by atoms with E-state index in [1.54, 1.807) is 7.11 Å². The maximum atomic E-state index is 12.3. The van der Waals surface area contributed by atoms with Crippen LogP contribution in [-0.4, -0.2) is 29.8 Å². The van der Waals surface area contributed by atoms with Crippen molar-refractivity contribution in [3.8, 4) is 5.75 Å². The number of aromatic nitrogens is 1. The van der Waals surface area contributed by atoms with E-state index in [0.29, 0.717) is 24.8 Å². The van der Waals surface area contributed by atoms with Crippen LogP contribution in [0.1, 0.15) is 46.0 Å². The van der Waals surface area contributed by atoms with Crippen LogP contribution < -0.4 is 21.1 Å². The van der Waals surface area contributed by atoms with Gasteiger partial charge in [-0.2, -0.15) is 4.37 Å². The number of ether oxygens (including phenoxy) is 1. The fraction of sp³-hybridized carbons (Fsp3) is 0.389. The molecule has 2 amide bonds. The van der Waals surface area contributed by atoms with Gasteiger partial charge in [-0.05, 0) is 41.6 Å². The molecule has 0 unspecified atom stereocenters. The second-order valence-electron chi connectivity index (χ2n) is 6.25. The first-order valence-corrected chi connectivity index (χ1v) is 9.14. The second-order valence-corrected chi connectivity index (χ2v) is 7.02. The smallest absolute Gasteiger partial charge is 0.273 e. The Balaban J connectivity index is 1.97. The number of methoxy groups -OCH3 is 1. The van der Waals surface area contributed by atoms with E-state index in [-0.39, 0.29) is 22.2 Å². The maximum Gasteiger partial charge on any atom is 0.273 e. The topological polar surface area (TPSA) is 106 Å². The molecule has 2 rings (SSSR count). The molecule has 26 heavy (non-hydrogen) atoms. The van der Waals surface area contributed by atoms with Crippen LogP contribution in [0.4, 0.5) is 5.69 Å². The number of hydrogen-bond acceptors (Lipinski definition) is 6. The molecule has 0 saturated heterocycles. The molecular formula is C18H24N4O3S. The molecule has 8 heteroatoms. The molecule has 0 spiro atoms. The third-order valence-electron chi connectivity index (χ3n) is 3.74. The normalized spacial score (nSPS) is 10.6. The van der Waals surface area contributed by atoms with Crippen LogP contribution in [0.2, 0.25) is 0 Å². The van der Waals surface area contributed by atoms with E-state index in [4.69, 9.17) is 10.5 Å². The van der Waals surface area contributed by atoms with E-state index >= 15 is 0 Å². The Morgan fingerprint density at radius 3 is 2.73 bits per heavy atom. The molecule has 1 heterocycles. The van der Waals surface area contributed by atoms with Crippen molar-refractivity contribution in [2.45, 2.75) is 26.8 Å². The van der Waals surface area contributed by atoms with Crippen molar-refractivity contribution in [2.24, 2.45) is 5.92 Å². The lowest BCUT2D eigenvalue weighted by atomic mass is 10.1. The summed E-state index contributed by atoms with van der Waals surface area (Å²) < 4.78 is 9.20. The molecule has 140 valence electrons. The summed E-state index contributed by atoms with van der Waals surface area (Å²) in [5.41, 5.74) is 7.03. The first-order valence-electron chi connectivity index (χ1n) is 8.36. The Bertz CT molecular complexity index is 774. The number of carbonyl (C=O) groups excluding carboxylic acids is 2. The van der Waals surface area contributed by atoms with E-state index in [0.717, 1.165) is 23.5 Å². The van der Waals surface area contributed by atoms with E-state index in [2.05, 4.69) is 28.9 Å². The summed E-state index contributed by atoms with van der Waals surface area (Å²) in [6.45, 7) is 5.03. The molecule has 2 aromatic rings. The van der Waals surface area contributed by atoms with Crippen molar-refractivity contribution in [3.63, 3.8) is 0 Å². The largest absolute Gasteiger partial charge is 0.497 e. The number of nitrogens with zero attached hydrogens (tertiary/aromatic N) is 1. The zero-order chi connectivity index (χ0) is 19.1. The van der Waals surface area contributed by atoms with Crippen LogP contribution >= 0.6 is 11.5 Å².